The number of aliphatic carboxylic acids is 1. The molecule has 2 rings (SSSR count). The Morgan fingerprint density at radius 1 is 1.29 bits per heavy atom. The minimum absolute atomic E-state index is 0.245. The average Bonchev–Trinajstić information content (AvgIpc) is 2.62. The van der Waals surface area contributed by atoms with Gasteiger partial charge in [-0.3, -0.25) is 4.79 Å². The van der Waals surface area contributed by atoms with Crippen LogP contribution >= 0.6 is 11.8 Å². The molecule has 0 spiro atoms. The molecule has 1 aliphatic rings. The molecule has 4 heteroatoms. The van der Waals surface area contributed by atoms with Gasteiger partial charge in [0.2, 0.25) is 0 Å². The SMILES string of the molecule is CC#CCOc1ccc(SC(CC)(C(=O)O)C2CCCCC2)cc1. The molecule has 1 aliphatic carbocycles. The van der Waals surface area contributed by atoms with E-state index in [1.165, 1.54) is 18.2 Å². The molecule has 1 unspecified atom stereocenters. The third kappa shape index (κ3) is 4.48. The van der Waals surface area contributed by atoms with E-state index in [0.29, 0.717) is 13.0 Å². The molecule has 1 aromatic carbocycles. The van der Waals surface area contributed by atoms with Crippen molar-refractivity contribution >= 4 is 17.7 Å². The van der Waals surface area contributed by atoms with Crippen molar-refractivity contribution in [2.45, 2.75) is 62.0 Å². The molecule has 1 fully saturated rings. The van der Waals surface area contributed by atoms with E-state index in [9.17, 15) is 9.90 Å². The predicted molar refractivity (Wildman–Crippen MR) is 98.5 cm³/mol. The highest BCUT2D eigenvalue weighted by Gasteiger charge is 2.45. The van der Waals surface area contributed by atoms with Crippen LogP contribution in [-0.2, 0) is 4.79 Å². The second-order valence-corrected chi connectivity index (χ2v) is 7.58. The number of carboxylic acid groups (broad SMARTS) is 1. The zero-order valence-corrected chi connectivity index (χ0v) is 15.3. The van der Waals surface area contributed by atoms with Crippen molar-refractivity contribution in [1.82, 2.24) is 0 Å². The molecule has 0 aliphatic heterocycles. The van der Waals surface area contributed by atoms with Crippen molar-refractivity contribution in [2.24, 2.45) is 5.92 Å². The smallest absolute Gasteiger partial charge is 0.320 e. The van der Waals surface area contributed by atoms with Gasteiger partial charge in [-0.25, -0.2) is 0 Å². The van der Waals surface area contributed by atoms with Crippen LogP contribution in [-0.4, -0.2) is 22.4 Å². The van der Waals surface area contributed by atoms with Crippen LogP contribution in [0.15, 0.2) is 29.2 Å². The fourth-order valence-electron chi connectivity index (χ4n) is 3.39. The van der Waals surface area contributed by atoms with Crippen LogP contribution in [0.3, 0.4) is 0 Å². The summed E-state index contributed by atoms with van der Waals surface area (Å²) in [6.07, 6.45) is 6.19. The lowest BCUT2D eigenvalue weighted by molar-refractivity contribution is -0.142. The third-order valence-corrected chi connectivity index (χ3v) is 6.43. The Balaban J connectivity index is 2.13. The van der Waals surface area contributed by atoms with Crippen molar-refractivity contribution in [3.8, 4) is 17.6 Å². The summed E-state index contributed by atoms with van der Waals surface area (Å²) in [5, 5.41) is 9.97. The van der Waals surface area contributed by atoms with Crippen molar-refractivity contribution < 1.29 is 14.6 Å². The number of benzene rings is 1. The largest absolute Gasteiger partial charge is 0.481 e. The van der Waals surface area contributed by atoms with E-state index >= 15 is 0 Å². The van der Waals surface area contributed by atoms with Gasteiger partial charge in [-0.15, -0.1) is 17.7 Å². The minimum Gasteiger partial charge on any atom is -0.481 e. The van der Waals surface area contributed by atoms with E-state index in [1.807, 2.05) is 31.2 Å². The highest BCUT2D eigenvalue weighted by molar-refractivity contribution is 8.01. The molecule has 0 bridgehead atoms. The standard InChI is InChI=1S/C20H26O3S/c1-3-5-15-23-17-11-13-18(14-12-17)24-20(4-2,19(21)22)16-9-7-6-8-10-16/h11-14,16H,4,6-10,15H2,1-2H3,(H,21,22). The summed E-state index contributed by atoms with van der Waals surface area (Å²) >= 11 is 1.50. The molecule has 0 aromatic heterocycles. The van der Waals surface area contributed by atoms with Crippen molar-refractivity contribution in [1.29, 1.82) is 0 Å². The molecular weight excluding hydrogens is 320 g/mol. The number of carboxylic acids is 1. The molecular formula is C20H26O3S. The normalized spacial score (nSPS) is 17.4. The molecule has 1 aromatic rings. The number of rotatable bonds is 7. The summed E-state index contributed by atoms with van der Waals surface area (Å²) in [7, 11) is 0. The van der Waals surface area contributed by atoms with Crippen LogP contribution in [0.5, 0.6) is 5.75 Å². The second-order valence-electron chi connectivity index (χ2n) is 6.17. The summed E-state index contributed by atoms with van der Waals surface area (Å²) in [6, 6.07) is 7.69. The number of hydrogen-bond donors (Lipinski definition) is 1. The average molecular weight is 346 g/mol. The van der Waals surface area contributed by atoms with Gasteiger partial charge in [-0.05, 0) is 56.4 Å². The number of carbonyl (C=O) groups is 1. The Morgan fingerprint density at radius 3 is 2.50 bits per heavy atom. The highest BCUT2D eigenvalue weighted by Crippen LogP contribution is 2.47. The maximum Gasteiger partial charge on any atom is 0.320 e. The molecule has 0 heterocycles. The zero-order chi connectivity index (χ0) is 17.4. The fraction of sp³-hybridized carbons (Fsp3) is 0.550. The first-order valence-corrected chi connectivity index (χ1v) is 9.49. The monoisotopic (exact) mass is 346 g/mol. The summed E-state index contributed by atoms with van der Waals surface area (Å²) in [6.45, 7) is 4.15. The summed E-state index contributed by atoms with van der Waals surface area (Å²) in [5.74, 6) is 5.98. The molecule has 0 radical (unpaired) electrons. The van der Waals surface area contributed by atoms with Gasteiger partial charge in [0.05, 0.1) is 0 Å². The van der Waals surface area contributed by atoms with E-state index in [2.05, 4.69) is 11.8 Å². The maximum absolute atomic E-state index is 12.1. The molecule has 0 saturated heterocycles. The Labute approximate surface area is 149 Å². The third-order valence-electron chi connectivity index (χ3n) is 4.76. The van der Waals surface area contributed by atoms with Crippen LogP contribution < -0.4 is 4.74 Å². The van der Waals surface area contributed by atoms with Gasteiger partial charge in [0, 0.05) is 4.90 Å². The Bertz CT molecular complexity index is 594. The molecule has 24 heavy (non-hydrogen) atoms. The molecule has 1 N–H and O–H groups in total. The quantitative estimate of drug-likeness (QED) is 0.558. The van der Waals surface area contributed by atoms with Gasteiger partial charge in [-0.1, -0.05) is 32.1 Å². The fourth-order valence-corrected chi connectivity index (χ4v) is 4.72. The topological polar surface area (TPSA) is 46.5 Å². The van der Waals surface area contributed by atoms with Crippen molar-refractivity contribution in [2.75, 3.05) is 6.61 Å². The molecule has 130 valence electrons. The first kappa shape index (κ1) is 18.7. The molecule has 3 nitrogen and oxygen atoms in total. The van der Waals surface area contributed by atoms with Gasteiger partial charge in [-0.2, -0.15) is 0 Å². The van der Waals surface area contributed by atoms with E-state index < -0.39 is 10.7 Å². The van der Waals surface area contributed by atoms with Crippen LogP contribution in [0, 0.1) is 17.8 Å². The van der Waals surface area contributed by atoms with Crippen LogP contribution in [0.1, 0.15) is 52.4 Å². The summed E-state index contributed by atoms with van der Waals surface area (Å²) < 4.78 is 4.80. The molecule has 1 saturated carbocycles. The van der Waals surface area contributed by atoms with Crippen LogP contribution in [0.25, 0.3) is 0 Å². The minimum atomic E-state index is -0.726. The van der Waals surface area contributed by atoms with Crippen molar-refractivity contribution in [3.05, 3.63) is 24.3 Å². The first-order valence-electron chi connectivity index (χ1n) is 8.67. The summed E-state index contributed by atoms with van der Waals surface area (Å²) in [4.78, 5) is 13.1. The number of thioether (sulfide) groups is 1. The van der Waals surface area contributed by atoms with Gasteiger partial charge in [0.1, 0.15) is 17.1 Å². The lowest BCUT2D eigenvalue weighted by atomic mass is 9.78. The van der Waals surface area contributed by atoms with E-state index in [1.54, 1.807) is 6.92 Å². The van der Waals surface area contributed by atoms with Gasteiger partial charge in [0.15, 0.2) is 0 Å². The van der Waals surface area contributed by atoms with Crippen LogP contribution in [0.2, 0.25) is 0 Å². The van der Waals surface area contributed by atoms with Gasteiger partial charge in [0.25, 0.3) is 0 Å². The van der Waals surface area contributed by atoms with Crippen molar-refractivity contribution in [3.63, 3.8) is 0 Å². The lowest BCUT2D eigenvalue weighted by Crippen LogP contribution is -2.43. The Hall–Kier alpha value is -1.60. The molecule has 0 amide bonds. The van der Waals surface area contributed by atoms with Crippen LogP contribution in [0.4, 0.5) is 0 Å². The van der Waals surface area contributed by atoms with E-state index in [4.69, 9.17) is 4.74 Å². The lowest BCUT2D eigenvalue weighted by Gasteiger charge is -2.38. The Kier molecular flexibility index (Phi) is 7.05. The predicted octanol–water partition coefficient (Wildman–Crippen LogP) is 4.99. The van der Waals surface area contributed by atoms with E-state index in [0.717, 1.165) is 36.3 Å². The summed E-state index contributed by atoms with van der Waals surface area (Å²) in [5.41, 5.74) is 0. The highest BCUT2D eigenvalue weighted by atomic mass is 32.2. The molecule has 1 atom stereocenters. The zero-order valence-electron chi connectivity index (χ0n) is 14.5. The second kappa shape index (κ2) is 9.03. The number of ether oxygens (including phenoxy) is 1. The first-order chi connectivity index (χ1) is 11.6. The van der Waals surface area contributed by atoms with Gasteiger partial charge < -0.3 is 9.84 Å². The number of hydrogen-bond acceptors (Lipinski definition) is 3. The maximum atomic E-state index is 12.1. The van der Waals surface area contributed by atoms with Gasteiger partial charge >= 0.3 is 5.97 Å². The Morgan fingerprint density at radius 2 is 1.96 bits per heavy atom. The van der Waals surface area contributed by atoms with E-state index in [-0.39, 0.29) is 5.92 Å².